The second-order valence-electron chi connectivity index (χ2n) is 4.13. The normalized spacial score (nSPS) is 22.9. The lowest BCUT2D eigenvalue weighted by Crippen LogP contribution is -2.43. The van der Waals surface area contributed by atoms with Crippen molar-refractivity contribution in [2.24, 2.45) is 0 Å². The number of carbonyl (C=O) groups is 1. The third-order valence-corrected chi connectivity index (χ3v) is 3.39. The van der Waals surface area contributed by atoms with Crippen molar-refractivity contribution in [2.75, 3.05) is 18.6 Å². The Kier molecular flexibility index (Phi) is 1.75. The molecule has 3 heterocycles. The largest absolute Gasteiger partial charge is 0.496 e. The second-order valence-corrected chi connectivity index (χ2v) is 4.13. The van der Waals surface area contributed by atoms with Gasteiger partial charge in [-0.2, -0.15) is 0 Å². The summed E-state index contributed by atoms with van der Waals surface area (Å²) in [4.78, 5) is 13.6. The van der Waals surface area contributed by atoms with Crippen LogP contribution in [0.25, 0.3) is 0 Å². The van der Waals surface area contributed by atoms with Crippen molar-refractivity contribution >= 4 is 11.6 Å². The topological polar surface area (TPSA) is 29.5 Å². The van der Waals surface area contributed by atoms with E-state index in [1.54, 1.807) is 7.11 Å². The SMILES string of the molecule is COc1cccc2c1C1CCN2C(=O)C1. The Balaban J connectivity index is 2.21. The molecule has 4 rings (SSSR count). The first kappa shape index (κ1) is 8.77. The van der Waals surface area contributed by atoms with Crippen LogP contribution in [-0.4, -0.2) is 19.6 Å². The summed E-state index contributed by atoms with van der Waals surface area (Å²) >= 11 is 0. The first-order valence-electron chi connectivity index (χ1n) is 5.28. The molecule has 1 amide bonds. The lowest BCUT2D eigenvalue weighted by molar-refractivity contribution is -0.120. The van der Waals surface area contributed by atoms with Gasteiger partial charge >= 0.3 is 0 Å². The Bertz CT molecular complexity index is 428. The maximum absolute atomic E-state index is 11.7. The molecule has 0 aromatic heterocycles. The van der Waals surface area contributed by atoms with Crippen LogP contribution in [0.15, 0.2) is 18.2 Å². The standard InChI is InChI=1S/C12H13NO2/c1-15-10-4-2-3-9-12(10)8-5-6-13(9)11(14)7-8/h2-4,8H,5-7H2,1H3. The van der Waals surface area contributed by atoms with Crippen LogP contribution in [0.2, 0.25) is 0 Å². The summed E-state index contributed by atoms with van der Waals surface area (Å²) in [6.45, 7) is 0.865. The van der Waals surface area contributed by atoms with Gasteiger partial charge in [-0.25, -0.2) is 0 Å². The highest BCUT2D eigenvalue weighted by atomic mass is 16.5. The number of carbonyl (C=O) groups excluding carboxylic acids is 1. The first-order valence-corrected chi connectivity index (χ1v) is 5.28. The summed E-state index contributed by atoms with van der Waals surface area (Å²) in [5.41, 5.74) is 2.28. The number of hydrogen-bond donors (Lipinski definition) is 0. The molecular weight excluding hydrogens is 190 g/mol. The third kappa shape index (κ3) is 1.09. The molecule has 0 spiro atoms. The Morgan fingerprint density at radius 3 is 3.07 bits per heavy atom. The fourth-order valence-electron chi connectivity index (χ4n) is 2.69. The van der Waals surface area contributed by atoms with Gasteiger partial charge in [-0.15, -0.1) is 0 Å². The highest BCUT2D eigenvalue weighted by molar-refractivity contribution is 5.98. The quantitative estimate of drug-likeness (QED) is 0.697. The fourth-order valence-corrected chi connectivity index (χ4v) is 2.69. The van der Waals surface area contributed by atoms with Gasteiger partial charge in [0.1, 0.15) is 5.75 Å². The molecule has 1 saturated heterocycles. The minimum atomic E-state index is 0.256. The van der Waals surface area contributed by atoms with Crippen LogP contribution < -0.4 is 9.64 Å². The van der Waals surface area contributed by atoms with E-state index in [-0.39, 0.29) is 5.91 Å². The Labute approximate surface area is 88.6 Å². The maximum Gasteiger partial charge on any atom is 0.227 e. The van der Waals surface area contributed by atoms with Crippen molar-refractivity contribution in [1.82, 2.24) is 0 Å². The molecule has 2 bridgehead atoms. The molecule has 1 unspecified atom stereocenters. The fraction of sp³-hybridized carbons (Fsp3) is 0.417. The molecule has 1 fully saturated rings. The van der Waals surface area contributed by atoms with E-state index < -0.39 is 0 Å². The molecule has 1 aromatic carbocycles. The molecule has 3 nitrogen and oxygen atoms in total. The number of piperidine rings is 1. The highest BCUT2D eigenvalue weighted by Gasteiger charge is 2.38. The van der Waals surface area contributed by atoms with Crippen LogP contribution in [0.1, 0.15) is 24.3 Å². The predicted octanol–water partition coefficient (Wildman–Crippen LogP) is 1.92. The molecule has 0 radical (unpaired) electrons. The van der Waals surface area contributed by atoms with E-state index in [0.29, 0.717) is 12.3 Å². The number of nitrogens with zero attached hydrogens (tertiary/aromatic N) is 1. The number of fused-ring (bicyclic) bond motifs is 2. The van der Waals surface area contributed by atoms with Crippen LogP contribution in [0.4, 0.5) is 5.69 Å². The molecule has 3 aliphatic heterocycles. The molecule has 3 aliphatic rings. The van der Waals surface area contributed by atoms with Crippen LogP contribution in [-0.2, 0) is 4.79 Å². The summed E-state index contributed by atoms with van der Waals surface area (Å²) in [5.74, 6) is 1.55. The van der Waals surface area contributed by atoms with Crippen LogP contribution in [0.5, 0.6) is 5.75 Å². The summed E-state index contributed by atoms with van der Waals surface area (Å²) in [7, 11) is 1.69. The number of amides is 1. The average Bonchev–Trinajstić information content (AvgIpc) is 2.29. The van der Waals surface area contributed by atoms with Crippen molar-refractivity contribution in [3.63, 3.8) is 0 Å². The molecule has 15 heavy (non-hydrogen) atoms. The lowest BCUT2D eigenvalue weighted by Gasteiger charge is -2.40. The van der Waals surface area contributed by atoms with Gasteiger partial charge in [0.25, 0.3) is 0 Å². The van der Waals surface area contributed by atoms with Crippen LogP contribution in [0.3, 0.4) is 0 Å². The molecular formula is C12H13NO2. The maximum atomic E-state index is 11.7. The van der Waals surface area contributed by atoms with E-state index in [0.717, 1.165) is 24.4 Å². The summed E-state index contributed by atoms with van der Waals surface area (Å²) in [6, 6.07) is 5.94. The van der Waals surface area contributed by atoms with Gasteiger partial charge < -0.3 is 9.64 Å². The van der Waals surface area contributed by atoms with E-state index in [9.17, 15) is 4.79 Å². The third-order valence-electron chi connectivity index (χ3n) is 3.39. The molecule has 1 aromatic rings. The lowest BCUT2D eigenvalue weighted by atomic mass is 9.82. The Hall–Kier alpha value is -1.51. The van der Waals surface area contributed by atoms with E-state index >= 15 is 0 Å². The number of hydrogen-bond acceptors (Lipinski definition) is 2. The zero-order chi connectivity index (χ0) is 10.4. The van der Waals surface area contributed by atoms with Gasteiger partial charge in [-0.1, -0.05) is 6.07 Å². The summed E-state index contributed by atoms with van der Waals surface area (Å²) in [5, 5.41) is 0. The van der Waals surface area contributed by atoms with Gasteiger partial charge in [0.05, 0.1) is 12.8 Å². The highest BCUT2D eigenvalue weighted by Crippen LogP contribution is 2.46. The predicted molar refractivity (Wildman–Crippen MR) is 57.3 cm³/mol. The van der Waals surface area contributed by atoms with E-state index in [1.807, 2.05) is 23.1 Å². The Morgan fingerprint density at radius 1 is 1.47 bits per heavy atom. The van der Waals surface area contributed by atoms with E-state index in [2.05, 4.69) is 0 Å². The van der Waals surface area contributed by atoms with Crippen molar-refractivity contribution in [1.29, 1.82) is 0 Å². The van der Waals surface area contributed by atoms with Crippen molar-refractivity contribution in [3.05, 3.63) is 23.8 Å². The number of benzene rings is 1. The van der Waals surface area contributed by atoms with Gasteiger partial charge in [-0.3, -0.25) is 4.79 Å². The monoisotopic (exact) mass is 203 g/mol. The molecule has 0 N–H and O–H groups in total. The molecule has 0 saturated carbocycles. The number of methoxy groups -OCH3 is 1. The number of ether oxygens (including phenoxy) is 1. The van der Waals surface area contributed by atoms with Crippen molar-refractivity contribution < 1.29 is 9.53 Å². The van der Waals surface area contributed by atoms with Gasteiger partial charge in [-0.05, 0) is 18.6 Å². The zero-order valence-corrected chi connectivity index (χ0v) is 8.69. The summed E-state index contributed by atoms with van der Waals surface area (Å²) < 4.78 is 5.36. The minimum Gasteiger partial charge on any atom is -0.496 e. The van der Waals surface area contributed by atoms with Gasteiger partial charge in [0.15, 0.2) is 0 Å². The van der Waals surface area contributed by atoms with Crippen LogP contribution >= 0.6 is 0 Å². The smallest absolute Gasteiger partial charge is 0.227 e. The molecule has 1 atom stereocenters. The minimum absolute atomic E-state index is 0.256. The zero-order valence-electron chi connectivity index (χ0n) is 8.69. The summed E-state index contributed by atoms with van der Waals surface area (Å²) in [6.07, 6.45) is 1.71. The van der Waals surface area contributed by atoms with Gasteiger partial charge in [0, 0.05) is 24.4 Å². The van der Waals surface area contributed by atoms with Crippen LogP contribution in [0, 0.1) is 0 Å². The van der Waals surface area contributed by atoms with E-state index in [1.165, 1.54) is 5.56 Å². The molecule has 3 heteroatoms. The van der Waals surface area contributed by atoms with Gasteiger partial charge in [0.2, 0.25) is 5.91 Å². The molecule has 0 aliphatic carbocycles. The number of rotatable bonds is 1. The number of anilines is 1. The van der Waals surface area contributed by atoms with Crippen molar-refractivity contribution in [3.8, 4) is 5.75 Å². The van der Waals surface area contributed by atoms with E-state index in [4.69, 9.17) is 4.74 Å². The average molecular weight is 203 g/mol. The molecule has 78 valence electrons. The first-order chi connectivity index (χ1) is 7.31. The Morgan fingerprint density at radius 2 is 2.33 bits per heavy atom. The second kappa shape index (κ2) is 2.99. The van der Waals surface area contributed by atoms with Crippen molar-refractivity contribution in [2.45, 2.75) is 18.8 Å².